The van der Waals surface area contributed by atoms with Gasteiger partial charge in [-0.05, 0) is 32.1 Å². The van der Waals surface area contributed by atoms with Crippen molar-refractivity contribution >= 4 is 11.8 Å². The topological polar surface area (TPSA) is 75.4 Å². The average molecular weight is 265 g/mol. The number of nitrogens with zero attached hydrogens (tertiary/aromatic N) is 1. The van der Waals surface area contributed by atoms with Crippen molar-refractivity contribution in [2.45, 2.75) is 38.1 Å². The van der Waals surface area contributed by atoms with E-state index in [1.807, 2.05) is 4.90 Å². The van der Waals surface area contributed by atoms with Gasteiger partial charge in [0.25, 0.3) is 0 Å². The summed E-state index contributed by atoms with van der Waals surface area (Å²) in [5.41, 5.74) is 5.18. The molecule has 0 radical (unpaired) electrons. The molecule has 3 N–H and O–H groups in total. The van der Waals surface area contributed by atoms with E-state index in [1.54, 1.807) is 0 Å². The van der Waals surface area contributed by atoms with Gasteiger partial charge in [-0.2, -0.15) is 0 Å². The first-order valence-electron chi connectivity index (χ1n) is 7.11. The standard InChI is InChI=1S/C14H23N3O2/c15-13(18)10-17-8-6-12(7-9-17)16-14(19)11-4-2-1-3-5-11/h1-2,11-12H,3-10H2,(H2,15,18)(H,16,19)/t11-/m1/s1. The van der Waals surface area contributed by atoms with E-state index >= 15 is 0 Å². The van der Waals surface area contributed by atoms with Gasteiger partial charge in [0, 0.05) is 25.0 Å². The van der Waals surface area contributed by atoms with Gasteiger partial charge >= 0.3 is 0 Å². The molecule has 1 aliphatic carbocycles. The predicted molar refractivity (Wildman–Crippen MR) is 73.3 cm³/mol. The Balaban J connectivity index is 1.71. The van der Waals surface area contributed by atoms with Crippen LogP contribution in [-0.4, -0.2) is 42.4 Å². The lowest BCUT2D eigenvalue weighted by atomic mass is 9.93. The van der Waals surface area contributed by atoms with Gasteiger partial charge in [-0.3, -0.25) is 14.5 Å². The maximum absolute atomic E-state index is 12.1. The molecule has 1 fully saturated rings. The summed E-state index contributed by atoms with van der Waals surface area (Å²) in [6, 6.07) is 0.252. The van der Waals surface area contributed by atoms with Crippen LogP contribution in [0.3, 0.4) is 0 Å². The van der Waals surface area contributed by atoms with E-state index in [-0.39, 0.29) is 23.8 Å². The lowest BCUT2D eigenvalue weighted by Gasteiger charge is -2.32. The molecule has 0 bridgehead atoms. The summed E-state index contributed by atoms with van der Waals surface area (Å²) in [5.74, 6) is 0.0582. The highest BCUT2D eigenvalue weighted by molar-refractivity contribution is 5.79. The van der Waals surface area contributed by atoms with Crippen LogP contribution in [0.4, 0.5) is 0 Å². The molecule has 1 aliphatic heterocycles. The Morgan fingerprint density at radius 3 is 2.53 bits per heavy atom. The van der Waals surface area contributed by atoms with Crippen molar-refractivity contribution in [1.29, 1.82) is 0 Å². The molecule has 1 heterocycles. The number of hydrogen-bond donors (Lipinski definition) is 2. The van der Waals surface area contributed by atoms with Gasteiger partial charge in [-0.1, -0.05) is 12.2 Å². The van der Waals surface area contributed by atoms with Gasteiger partial charge in [-0.15, -0.1) is 0 Å². The molecule has 0 aromatic rings. The van der Waals surface area contributed by atoms with E-state index in [2.05, 4.69) is 17.5 Å². The zero-order chi connectivity index (χ0) is 13.7. The Hall–Kier alpha value is -1.36. The molecular formula is C14H23N3O2. The summed E-state index contributed by atoms with van der Waals surface area (Å²) in [7, 11) is 0. The fourth-order valence-electron chi connectivity index (χ4n) is 2.81. The molecule has 0 aromatic heterocycles. The number of primary amides is 1. The molecule has 5 nitrogen and oxygen atoms in total. The van der Waals surface area contributed by atoms with E-state index in [0.29, 0.717) is 6.54 Å². The van der Waals surface area contributed by atoms with Crippen LogP contribution < -0.4 is 11.1 Å². The third-order valence-corrected chi connectivity index (χ3v) is 3.95. The van der Waals surface area contributed by atoms with Crippen molar-refractivity contribution < 1.29 is 9.59 Å². The molecule has 2 aliphatic rings. The Bertz CT molecular complexity index is 360. The predicted octanol–water partition coefficient (Wildman–Crippen LogP) is 0.409. The molecule has 0 spiro atoms. The minimum absolute atomic E-state index is 0.147. The maximum atomic E-state index is 12.1. The quantitative estimate of drug-likeness (QED) is 0.723. The lowest BCUT2D eigenvalue weighted by Crippen LogP contribution is -2.48. The van der Waals surface area contributed by atoms with Gasteiger partial charge in [0.05, 0.1) is 6.54 Å². The van der Waals surface area contributed by atoms with E-state index in [4.69, 9.17) is 5.73 Å². The fourth-order valence-corrected chi connectivity index (χ4v) is 2.81. The third-order valence-electron chi connectivity index (χ3n) is 3.95. The van der Waals surface area contributed by atoms with Crippen LogP contribution in [0.15, 0.2) is 12.2 Å². The van der Waals surface area contributed by atoms with E-state index in [1.165, 1.54) is 0 Å². The number of hydrogen-bond acceptors (Lipinski definition) is 3. The van der Waals surface area contributed by atoms with Crippen LogP contribution in [0.1, 0.15) is 32.1 Å². The average Bonchev–Trinajstić information content (AvgIpc) is 2.41. The zero-order valence-electron chi connectivity index (χ0n) is 11.3. The van der Waals surface area contributed by atoms with Crippen molar-refractivity contribution in [3.05, 3.63) is 12.2 Å². The Kier molecular flexibility index (Phi) is 4.96. The Morgan fingerprint density at radius 1 is 1.21 bits per heavy atom. The summed E-state index contributed by atoms with van der Waals surface area (Å²) >= 11 is 0. The number of allylic oxidation sites excluding steroid dienone is 2. The number of piperidine rings is 1. The summed E-state index contributed by atoms with van der Waals surface area (Å²) in [6.45, 7) is 1.99. The molecule has 0 aromatic carbocycles. The fraction of sp³-hybridized carbons (Fsp3) is 0.714. The molecule has 0 unspecified atom stereocenters. The van der Waals surface area contributed by atoms with Crippen LogP contribution in [0.2, 0.25) is 0 Å². The molecule has 1 saturated heterocycles. The first-order valence-corrected chi connectivity index (χ1v) is 7.11. The molecule has 0 saturated carbocycles. The molecule has 2 rings (SSSR count). The largest absolute Gasteiger partial charge is 0.369 e. The molecule has 5 heteroatoms. The lowest BCUT2D eigenvalue weighted by molar-refractivity contribution is -0.126. The van der Waals surface area contributed by atoms with Crippen LogP contribution in [0, 0.1) is 5.92 Å². The second-order valence-corrected chi connectivity index (χ2v) is 5.51. The van der Waals surface area contributed by atoms with Gasteiger partial charge in [0.1, 0.15) is 0 Å². The molecule has 106 valence electrons. The second kappa shape index (κ2) is 6.70. The molecule has 1 atom stereocenters. The maximum Gasteiger partial charge on any atom is 0.231 e. The number of likely N-dealkylation sites (tertiary alicyclic amines) is 1. The highest BCUT2D eigenvalue weighted by Gasteiger charge is 2.25. The number of nitrogens with one attached hydrogen (secondary N) is 1. The first-order chi connectivity index (χ1) is 9.15. The van der Waals surface area contributed by atoms with Crippen LogP contribution in [-0.2, 0) is 9.59 Å². The number of amides is 2. The van der Waals surface area contributed by atoms with Crippen LogP contribution in [0.25, 0.3) is 0 Å². The Labute approximate surface area is 114 Å². The molecule has 2 amide bonds. The SMILES string of the molecule is NC(=O)CN1CCC(NC(=O)[C@@H]2CC=CCC2)CC1. The van der Waals surface area contributed by atoms with Crippen LogP contribution >= 0.6 is 0 Å². The highest BCUT2D eigenvalue weighted by Crippen LogP contribution is 2.19. The van der Waals surface area contributed by atoms with Crippen molar-refractivity contribution in [2.24, 2.45) is 11.7 Å². The second-order valence-electron chi connectivity index (χ2n) is 5.51. The zero-order valence-corrected chi connectivity index (χ0v) is 11.3. The number of carbonyl (C=O) groups excluding carboxylic acids is 2. The minimum Gasteiger partial charge on any atom is -0.369 e. The van der Waals surface area contributed by atoms with Gasteiger partial charge in [0.15, 0.2) is 0 Å². The Morgan fingerprint density at radius 2 is 1.95 bits per heavy atom. The van der Waals surface area contributed by atoms with Gasteiger partial charge < -0.3 is 11.1 Å². The van der Waals surface area contributed by atoms with Crippen molar-refractivity contribution in [2.75, 3.05) is 19.6 Å². The third kappa shape index (κ3) is 4.35. The number of rotatable bonds is 4. The summed E-state index contributed by atoms with van der Waals surface area (Å²) < 4.78 is 0. The molecular weight excluding hydrogens is 242 g/mol. The smallest absolute Gasteiger partial charge is 0.231 e. The summed E-state index contributed by atoms with van der Waals surface area (Å²) in [5, 5.41) is 3.15. The monoisotopic (exact) mass is 265 g/mol. The van der Waals surface area contributed by atoms with Crippen LogP contribution in [0.5, 0.6) is 0 Å². The van der Waals surface area contributed by atoms with E-state index < -0.39 is 0 Å². The minimum atomic E-state index is -0.281. The number of carbonyl (C=O) groups is 2. The summed E-state index contributed by atoms with van der Waals surface area (Å²) in [6.07, 6.45) is 8.89. The van der Waals surface area contributed by atoms with Gasteiger partial charge in [-0.25, -0.2) is 0 Å². The van der Waals surface area contributed by atoms with Crippen molar-refractivity contribution in [3.8, 4) is 0 Å². The number of nitrogens with two attached hydrogens (primary N) is 1. The first kappa shape index (κ1) is 14.1. The van der Waals surface area contributed by atoms with Crippen molar-refractivity contribution in [1.82, 2.24) is 10.2 Å². The van der Waals surface area contributed by atoms with Crippen molar-refractivity contribution in [3.63, 3.8) is 0 Å². The normalized spacial score (nSPS) is 25.2. The van der Waals surface area contributed by atoms with E-state index in [0.717, 1.165) is 45.2 Å². The van der Waals surface area contributed by atoms with E-state index in [9.17, 15) is 9.59 Å². The molecule has 19 heavy (non-hydrogen) atoms. The summed E-state index contributed by atoms with van der Waals surface area (Å²) in [4.78, 5) is 25.0. The highest BCUT2D eigenvalue weighted by atomic mass is 16.2. The van der Waals surface area contributed by atoms with Gasteiger partial charge in [0.2, 0.25) is 11.8 Å².